The van der Waals surface area contributed by atoms with Crippen LogP contribution in [0.1, 0.15) is 25.0 Å². The van der Waals surface area contributed by atoms with Crippen LogP contribution in [0.25, 0.3) is 0 Å². The minimum atomic E-state index is -0.782. The number of hydrogen-bond donors (Lipinski definition) is 2. The largest absolute Gasteiger partial charge is 0.387 e. The molecule has 0 aromatic heterocycles. The Labute approximate surface area is 112 Å². The number of aliphatic hydroxyl groups is 1. The van der Waals surface area contributed by atoms with Gasteiger partial charge in [-0.2, -0.15) is 0 Å². The van der Waals surface area contributed by atoms with Gasteiger partial charge in [0.05, 0.1) is 12.1 Å². The van der Waals surface area contributed by atoms with Crippen LogP contribution < -0.4 is 5.32 Å². The van der Waals surface area contributed by atoms with Crippen molar-refractivity contribution in [1.82, 2.24) is 10.2 Å². The quantitative estimate of drug-likeness (QED) is 0.857. The highest BCUT2D eigenvalue weighted by molar-refractivity contribution is 5.82. The van der Waals surface area contributed by atoms with Crippen LogP contribution in [-0.4, -0.2) is 41.6 Å². The Morgan fingerprint density at radius 1 is 1.58 bits per heavy atom. The van der Waals surface area contributed by atoms with E-state index in [2.05, 4.69) is 5.32 Å². The smallest absolute Gasteiger partial charge is 0.237 e. The summed E-state index contributed by atoms with van der Waals surface area (Å²) in [6.45, 7) is 3.58. The van der Waals surface area contributed by atoms with Gasteiger partial charge in [0.25, 0.3) is 0 Å². The molecule has 0 bridgehead atoms. The van der Waals surface area contributed by atoms with Gasteiger partial charge in [0.15, 0.2) is 0 Å². The van der Waals surface area contributed by atoms with E-state index in [9.17, 15) is 14.3 Å². The van der Waals surface area contributed by atoms with E-state index in [1.165, 1.54) is 12.1 Å². The number of hydrogen-bond acceptors (Lipinski definition) is 3. The predicted molar refractivity (Wildman–Crippen MR) is 70.0 cm³/mol. The summed E-state index contributed by atoms with van der Waals surface area (Å²) in [7, 11) is 0. The van der Waals surface area contributed by atoms with Gasteiger partial charge in [-0.1, -0.05) is 19.1 Å². The number of aliphatic hydroxyl groups excluding tert-OH is 1. The first-order chi connectivity index (χ1) is 9.11. The Bertz CT molecular complexity index is 453. The molecule has 0 spiro atoms. The third-order valence-electron chi connectivity index (χ3n) is 3.47. The Balaban J connectivity index is 2.05. The fourth-order valence-electron chi connectivity index (χ4n) is 2.47. The first kappa shape index (κ1) is 14.0. The van der Waals surface area contributed by atoms with Gasteiger partial charge in [0.1, 0.15) is 5.82 Å². The number of benzene rings is 1. The second-order valence-electron chi connectivity index (χ2n) is 4.78. The molecule has 0 radical (unpaired) electrons. The molecule has 2 N–H and O–H groups in total. The number of nitrogens with one attached hydrogen (secondary N) is 1. The molecule has 0 saturated carbocycles. The van der Waals surface area contributed by atoms with Gasteiger partial charge in [-0.3, -0.25) is 9.69 Å². The molecule has 19 heavy (non-hydrogen) atoms. The molecule has 1 fully saturated rings. The third-order valence-corrected chi connectivity index (χ3v) is 3.47. The molecule has 104 valence electrons. The second-order valence-corrected chi connectivity index (χ2v) is 4.78. The number of piperazine rings is 1. The van der Waals surface area contributed by atoms with Crippen molar-refractivity contribution >= 4 is 5.91 Å². The van der Waals surface area contributed by atoms with Gasteiger partial charge in [0, 0.05) is 19.6 Å². The zero-order chi connectivity index (χ0) is 13.8. The lowest BCUT2D eigenvalue weighted by Gasteiger charge is -2.35. The predicted octanol–water partition coefficient (Wildman–Crippen LogP) is 1.07. The summed E-state index contributed by atoms with van der Waals surface area (Å²) >= 11 is 0. The van der Waals surface area contributed by atoms with E-state index in [1.807, 2.05) is 11.8 Å². The Morgan fingerprint density at radius 3 is 3.05 bits per heavy atom. The van der Waals surface area contributed by atoms with Crippen LogP contribution in [0, 0.1) is 5.82 Å². The lowest BCUT2D eigenvalue weighted by atomic mass is 10.1. The van der Waals surface area contributed by atoms with Crippen molar-refractivity contribution in [2.45, 2.75) is 25.5 Å². The number of carbonyl (C=O) groups excluding carboxylic acids is 1. The number of rotatable bonds is 4. The number of β-amino-alcohol motifs (C(OH)–C–C–N with tert-alkyl or cyclic N) is 1. The molecule has 1 amide bonds. The van der Waals surface area contributed by atoms with Gasteiger partial charge in [-0.05, 0) is 24.1 Å². The van der Waals surface area contributed by atoms with Crippen LogP contribution in [0.4, 0.5) is 4.39 Å². The Hall–Kier alpha value is -1.46. The zero-order valence-corrected chi connectivity index (χ0v) is 11.0. The van der Waals surface area contributed by atoms with Gasteiger partial charge in [0.2, 0.25) is 5.91 Å². The van der Waals surface area contributed by atoms with Crippen LogP contribution in [0.5, 0.6) is 0 Å². The van der Waals surface area contributed by atoms with Crippen LogP contribution >= 0.6 is 0 Å². The second kappa shape index (κ2) is 6.12. The Kier molecular flexibility index (Phi) is 4.50. The van der Waals surface area contributed by atoms with E-state index >= 15 is 0 Å². The first-order valence-corrected chi connectivity index (χ1v) is 6.57. The number of carbonyl (C=O) groups is 1. The highest BCUT2D eigenvalue weighted by Crippen LogP contribution is 2.18. The lowest BCUT2D eigenvalue weighted by molar-refractivity contribution is -0.129. The summed E-state index contributed by atoms with van der Waals surface area (Å²) in [6, 6.07) is 5.74. The lowest BCUT2D eigenvalue weighted by Crippen LogP contribution is -2.55. The van der Waals surface area contributed by atoms with Crippen LogP contribution in [0.3, 0.4) is 0 Å². The molecule has 1 aliphatic rings. The van der Waals surface area contributed by atoms with E-state index in [-0.39, 0.29) is 17.8 Å². The topological polar surface area (TPSA) is 52.6 Å². The third kappa shape index (κ3) is 3.30. The van der Waals surface area contributed by atoms with E-state index in [0.29, 0.717) is 31.6 Å². The molecule has 0 aliphatic carbocycles. The monoisotopic (exact) mass is 266 g/mol. The van der Waals surface area contributed by atoms with Crippen molar-refractivity contribution in [3.8, 4) is 0 Å². The van der Waals surface area contributed by atoms with Gasteiger partial charge < -0.3 is 10.4 Å². The molecule has 2 rings (SSSR count). The normalized spacial score (nSPS) is 22.1. The summed E-state index contributed by atoms with van der Waals surface area (Å²) in [5, 5.41) is 13.0. The maximum Gasteiger partial charge on any atom is 0.237 e. The highest BCUT2D eigenvalue weighted by atomic mass is 19.1. The minimum Gasteiger partial charge on any atom is -0.387 e. The van der Waals surface area contributed by atoms with E-state index < -0.39 is 6.10 Å². The fraction of sp³-hybridized carbons (Fsp3) is 0.500. The van der Waals surface area contributed by atoms with Gasteiger partial charge >= 0.3 is 0 Å². The maximum atomic E-state index is 13.1. The van der Waals surface area contributed by atoms with Crippen LogP contribution in [-0.2, 0) is 4.79 Å². The van der Waals surface area contributed by atoms with Crippen LogP contribution in [0.2, 0.25) is 0 Å². The summed E-state index contributed by atoms with van der Waals surface area (Å²) < 4.78 is 13.1. The van der Waals surface area contributed by atoms with E-state index in [4.69, 9.17) is 0 Å². The Morgan fingerprint density at radius 2 is 2.37 bits per heavy atom. The first-order valence-electron chi connectivity index (χ1n) is 6.57. The molecule has 2 atom stereocenters. The number of halogens is 1. The molecular formula is C14H19FN2O2. The molecule has 1 heterocycles. The molecule has 1 saturated heterocycles. The van der Waals surface area contributed by atoms with Crippen molar-refractivity contribution < 1.29 is 14.3 Å². The molecular weight excluding hydrogens is 247 g/mol. The number of nitrogens with zero attached hydrogens (tertiary/aromatic N) is 1. The maximum absolute atomic E-state index is 13.1. The molecule has 0 unspecified atom stereocenters. The standard InChI is InChI=1S/C14H19FN2O2/c1-2-12-14(19)16-6-7-17(12)9-13(18)10-4-3-5-11(15)8-10/h3-5,8,12-13,18H,2,6-7,9H2,1H3,(H,16,19)/t12-,13-/m1/s1. The zero-order valence-electron chi connectivity index (χ0n) is 11.0. The van der Waals surface area contributed by atoms with Crippen molar-refractivity contribution in [1.29, 1.82) is 0 Å². The summed E-state index contributed by atoms with van der Waals surface area (Å²) in [5.41, 5.74) is 0.542. The fourth-order valence-corrected chi connectivity index (χ4v) is 2.47. The SMILES string of the molecule is CC[C@@H]1C(=O)NCCN1C[C@@H](O)c1cccc(F)c1. The molecule has 1 aliphatic heterocycles. The van der Waals surface area contributed by atoms with Crippen molar-refractivity contribution in [3.05, 3.63) is 35.6 Å². The van der Waals surface area contributed by atoms with Crippen molar-refractivity contribution in [2.75, 3.05) is 19.6 Å². The average molecular weight is 266 g/mol. The summed E-state index contributed by atoms with van der Waals surface area (Å²) in [6.07, 6.45) is -0.0857. The molecule has 5 heteroatoms. The van der Waals surface area contributed by atoms with Crippen LogP contribution in [0.15, 0.2) is 24.3 Å². The van der Waals surface area contributed by atoms with E-state index in [1.54, 1.807) is 12.1 Å². The number of amides is 1. The molecule has 1 aromatic carbocycles. The summed E-state index contributed by atoms with van der Waals surface area (Å²) in [4.78, 5) is 13.7. The van der Waals surface area contributed by atoms with Crippen molar-refractivity contribution in [3.63, 3.8) is 0 Å². The molecule has 1 aromatic rings. The molecule has 4 nitrogen and oxygen atoms in total. The minimum absolute atomic E-state index is 0.000178. The van der Waals surface area contributed by atoms with Gasteiger partial charge in [-0.15, -0.1) is 0 Å². The van der Waals surface area contributed by atoms with E-state index in [0.717, 1.165) is 0 Å². The highest BCUT2D eigenvalue weighted by Gasteiger charge is 2.29. The average Bonchev–Trinajstić information content (AvgIpc) is 2.39. The summed E-state index contributed by atoms with van der Waals surface area (Å²) in [5.74, 6) is -0.361. The van der Waals surface area contributed by atoms with Crippen molar-refractivity contribution in [2.24, 2.45) is 0 Å². The van der Waals surface area contributed by atoms with Gasteiger partial charge in [-0.25, -0.2) is 4.39 Å².